The number of carbonyl (C=O) groups excluding carboxylic acids is 2. The summed E-state index contributed by atoms with van der Waals surface area (Å²) < 4.78 is 11.1. The van der Waals surface area contributed by atoms with Gasteiger partial charge in [0, 0.05) is 43.1 Å². The predicted molar refractivity (Wildman–Crippen MR) is 118 cm³/mol. The van der Waals surface area contributed by atoms with Gasteiger partial charge in [0.1, 0.15) is 5.75 Å². The van der Waals surface area contributed by atoms with Crippen LogP contribution < -0.4 is 20.3 Å². The second-order valence-corrected chi connectivity index (χ2v) is 7.95. The summed E-state index contributed by atoms with van der Waals surface area (Å²) in [6.45, 7) is 7.33. The first-order chi connectivity index (χ1) is 14.3. The highest BCUT2D eigenvalue weighted by Gasteiger charge is 2.36. The van der Waals surface area contributed by atoms with Gasteiger partial charge < -0.3 is 20.1 Å². The average molecular weight is 415 g/mol. The number of allylic oxidation sites excluding steroid dienone is 1. The lowest BCUT2D eigenvalue weighted by Gasteiger charge is -2.40. The van der Waals surface area contributed by atoms with Gasteiger partial charge in [0.15, 0.2) is 0 Å². The molecule has 2 N–H and O–H groups in total. The largest absolute Gasteiger partial charge is 0.496 e. The normalized spacial score (nSPS) is 19.3. The molecule has 0 radical (unpaired) electrons. The number of nitrogens with zero attached hydrogens (tertiary/aromatic N) is 3. The monoisotopic (exact) mass is 414 g/mol. The molecule has 1 atom stereocenters. The summed E-state index contributed by atoms with van der Waals surface area (Å²) in [5.74, 6) is 0.436. The van der Waals surface area contributed by atoms with Crippen molar-refractivity contribution in [2.24, 2.45) is 10.7 Å². The van der Waals surface area contributed by atoms with E-state index in [0.29, 0.717) is 40.8 Å². The van der Waals surface area contributed by atoms with Crippen molar-refractivity contribution in [3.63, 3.8) is 0 Å². The van der Waals surface area contributed by atoms with Gasteiger partial charge in [0.25, 0.3) is 0 Å². The van der Waals surface area contributed by atoms with Gasteiger partial charge in [-0.1, -0.05) is 0 Å². The fourth-order valence-electron chi connectivity index (χ4n) is 3.57. The number of fused-ring (bicyclic) bond motifs is 1. The molecule has 30 heavy (non-hydrogen) atoms. The molecule has 1 fully saturated rings. The van der Waals surface area contributed by atoms with E-state index in [1.54, 1.807) is 43.0 Å². The number of rotatable bonds is 5. The zero-order valence-corrected chi connectivity index (χ0v) is 18.2. The predicted octanol–water partition coefficient (Wildman–Crippen LogP) is 3.33. The standard InChI is InChI=1S/C22H30N4O4/c1-13(2)30-22(28)25-12-14(3)26(15(4)27)20-9-21(29-5)18(8-19(20)25)16(10-23)11-24-17-6-7-17/h8-11,13-14,17H,6-7,12,23H2,1-5H3/t14-/m0/s1. The third kappa shape index (κ3) is 4.42. The molecule has 0 spiro atoms. The molecule has 2 aliphatic rings. The van der Waals surface area contributed by atoms with Gasteiger partial charge in [-0.2, -0.15) is 0 Å². The van der Waals surface area contributed by atoms with Crippen LogP contribution in [-0.2, 0) is 9.53 Å². The van der Waals surface area contributed by atoms with E-state index in [1.807, 2.05) is 13.0 Å². The van der Waals surface area contributed by atoms with Crippen LogP contribution in [0.4, 0.5) is 16.2 Å². The van der Waals surface area contributed by atoms with Crippen molar-refractivity contribution >= 4 is 35.2 Å². The maximum absolute atomic E-state index is 12.8. The quantitative estimate of drug-likeness (QED) is 0.746. The first-order valence-corrected chi connectivity index (χ1v) is 10.2. The van der Waals surface area contributed by atoms with Gasteiger partial charge in [0.05, 0.1) is 36.7 Å². The van der Waals surface area contributed by atoms with Crippen LogP contribution in [0, 0.1) is 0 Å². The summed E-state index contributed by atoms with van der Waals surface area (Å²) in [4.78, 5) is 33.0. The van der Waals surface area contributed by atoms with Crippen LogP contribution in [-0.4, -0.2) is 50.1 Å². The highest BCUT2D eigenvalue weighted by atomic mass is 16.6. The second kappa shape index (κ2) is 8.77. The maximum atomic E-state index is 12.8. The Labute approximate surface area is 177 Å². The molecule has 8 nitrogen and oxygen atoms in total. The van der Waals surface area contributed by atoms with Gasteiger partial charge in [0.2, 0.25) is 5.91 Å². The number of aliphatic imine (C=N–C) groups is 1. The molecule has 0 saturated heterocycles. The molecule has 3 rings (SSSR count). The Hall–Kier alpha value is -3.03. The fraction of sp³-hybridized carbons (Fsp3) is 0.500. The number of hydrogen-bond donors (Lipinski definition) is 1. The van der Waals surface area contributed by atoms with Gasteiger partial charge in [-0.05, 0) is 39.7 Å². The Balaban J connectivity index is 2.14. The van der Waals surface area contributed by atoms with Gasteiger partial charge in [-0.15, -0.1) is 0 Å². The van der Waals surface area contributed by atoms with E-state index in [4.69, 9.17) is 15.2 Å². The van der Waals surface area contributed by atoms with E-state index in [-0.39, 0.29) is 18.1 Å². The van der Waals surface area contributed by atoms with Crippen molar-refractivity contribution < 1.29 is 19.1 Å². The van der Waals surface area contributed by atoms with E-state index in [9.17, 15) is 9.59 Å². The number of anilines is 2. The lowest BCUT2D eigenvalue weighted by molar-refractivity contribution is -0.117. The Morgan fingerprint density at radius 2 is 1.97 bits per heavy atom. The van der Waals surface area contributed by atoms with Crippen LogP contribution in [0.3, 0.4) is 0 Å². The summed E-state index contributed by atoms with van der Waals surface area (Å²) in [6, 6.07) is 3.71. The number of hydrogen-bond acceptors (Lipinski definition) is 6. The molecule has 0 unspecified atom stereocenters. The topological polar surface area (TPSA) is 97.5 Å². The van der Waals surface area contributed by atoms with E-state index in [2.05, 4.69) is 4.99 Å². The number of amides is 2. The summed E-state index contributed by atoms with van der Waals surface area (Å²) in [5.41, 5.74) is 8.44. The van der Waals surface area contributed by atoms with E-state index in [0.717, 1.165) is 12.8 Å². The number of methoxy groups -OCH3 is 1. The number of carbonyl (C=O) groups is 2. The van der Waals surface area contributed by atoms with Crippen molar-refractivity contribution in [3.8, 4) is 5.75 Å². The van der Waals surface area contributed by atoms with Crippen molar-refractivity contribution in [1.82, 2.24) is 0 Å². The van der Waals surface area contributed by atoms with Gasteiger partial charge in [-0.3, -0.25) is 14.7 Å². The Morgan fingerprint density at radius 3 is 2.50 bits per heavy atom. The molecule has 162 valence electrons. The minimum Gasteiger partial charge on any atom is -0.496 e. The van der Waals surface area contributed by atoms with Crippen LogP contribution in [0.2, 0.25) is 0 Å². The van der Waals surface area contributed by atoms with Crippen molar-refractivity contribution in [3.05, 3.63) is 23.9 Å². The maximum Gasteiger partial charge on any atom is 0.414 e. The number of ether oxygens (including phenoxy) is 2. The Kier molecular flexibility index (Phi) is 6.34. The Morgan fingerprint density at radius 1 is 1.27 bits per heavy atom. The fourth-order valence-corrected chi connectivity index (χ4v) is 3.57. The first-order valence-electron chi connectivity index (χ1n) is 10.2. The minimum atomic E-state index is -0.456. The van der Waals surface area contributed by atoms with Crippen LogP contribution in [0.5, 0.6) is 5.75 Å². The Bertz CT molecular complexity index is 889. The van der Waals surface area contributed by atoms with Crippen LogP contribution in [0.1, 0.15) is 46.1 Å². The lowest BCUT2D eigenvalue weighted by Crippen LogP contribution is -2.51. The molecule has 0 aromatic heterocycles. The number of nitrogens with two attached hydrogens (primary N) is 1. The van der Waals surface area contributed by atoms with E-state index >= 15 is 0 Å². The van der Waals surface area contributed by atoms with Crippen LogP contribution in [0.25, 0.3) is 5.57 Å². The van der Waals surface area contributed by atoms with E-state index < -0.39 is 6.09 Å². The molecule has 2 amide bonds. The minimum absolute atomic E-state index is 0.111. The van der Waals surface area contributed by atoms with Crippen LogP contribution >= 0.6 is 0 Å². The molecule has 1 aliphatic carbocycles. The third-order valence-electron chi connectivity index (χ3n) is 5.09. The van der Waals surface area contributed by atoms with Crippen molar-refractivity contribution in [1.29, 1.82) is 0 Å². The van der Waals surface area contributed by atoms with Crippen LogP contribution in [0.15, 0.2) is 23.3 Å². The van der Waals surface area contributed by atoms with Crippen molar-refractivity contribution in [2.75, 3.05) is 23.5 Å². The summed E-state index contributed by atoms with van der Waals surface area (Å²) >= 11 is 0. The molecular formula is C22H30N4O4. The second-order valence-electron chi connectivity index (χ2n) is 7.95. The average Bonchev–Trinajstić information content (AvgIpc) is 3.50. The van der Waals surface area contributed by atoms with Crippen molar-refractivity contribution in [2.45, 2.75) is 58.7 Å². The highest BCUT2D eigenvalue weighted by molar-refractivity contribution is 6.12. The molecule has 0 bridgehead atoms. The van der Waals surface area contributed by atoms with E-state index in [1.165, 1.54) is 13.1 Å². The summed E-state index contributed by atoms with van der Waals surface area (Å²) in [5, 5.41) is 0. The molecule has 1 aromatic carbocycles. The van der Waals surface area contributed by atoms with Gasteiger partial charge in [-0.25, -0.2) is 4.79 Å². The summed E-state index contributed by atoms with van der Waals surface area (Å²) in [7, 11) is 1.56. The SMILES string of the molecule is COc1cc2c(cc1C(C=NC1CC1)=CN)N(C(=O)OC(C)C)C[C@H](C)N2C(C)=O. The molecule has 1 aromatic rings. The number of benzene rings is 1. The third-order valence-corrected chi connectivity index (χ3v) is 5.09. The zero-order chi connectivity index (χ0) is 22.0. The molecule has 8 heteroatoms. The highest BCUT2D eigenvalue weighted by Crippen LogP contribution is 2.42. The smallest absolute Gasteiger partial charge is 0.414 e. The molecular weight excluding hydrogens is 384 g/mol. The first kappa shape index (κ1) is 21.7. The molecule has 1 aliphatic heterocycles. The molecule has 1 heterocycles. The molecule has 1 saturated carbocycles. The lowest BCUT2D eigenvalue weighted by atomic mass is 10.0. The van der Waals surface area contributed by atoms with Gasteiger partial charge >= 0.3 is 6.09 Å². The zero-order valence-electron chi connectivity index (χ0n) is 18.2. The summed E-state index contributed by atoms with van der Waals surface area (Å²) in [6.07, 6.45) is 4.66.